The van der Waals surface area contributed by atoms with E-state index in [-0.39, 0.29) is 19.1 Å². The molecule has 1 atom stereocenters. The minimum absolute atomic E-state index is 0.228. The molecule has 0 fully saturated rings. The molecule has 158 valence electrons. The van der Waals surface area contributed by atoms with Gasteiger partial charge in [-0.25, -0.2) is 8.42 Å². The number of hydrogen-bond donors (Lipinski definition) is 1. The summed E-state index contributed by atoms with van der Waals surface area (Å²) in [5.74, 6) is 0.809. The number of hydrogen-bond acceptors (Lipinski definition) is 5. The maximum absolute atomic E-state index is 12.7. The third kappa shape index (κ3) is 6.12. The molecule has 0 saturated carbocycles. The average Bonchev–Trinajstić information content (AvgIpc) is 2.69. The number of aryl methyl sites for hydroxylation is 1. The molecule has 0 saturated heterocycles. The van der Waals surface area contributed by atoms with Crippen molar-refractivity contribution < 1.29 is 22.7 Å². The lowest BCUT2D eigenvalue weighted by Crippen LogP contribution is -2.50. The zero-order valence-corrected chi connectivity index (χ0v) is 18.0. The van der Waals surface area contributed by atoms with Crippen LogP contribution in [0.2, 0.25) is 0 Å². The van der Waals surface area contributed by atoms with Gasteiger partial charge in [0.15, 0.2) is 11.5 Å². The van der Waals surface area contributed by atoms with Crippen LogP contribution >= 0.6 is 0 Å². The molecule has 0 radical (unpaired) electrons. The summed E-state index contributed by atoms with van der Waals surface area (Å²) in [5.41, 5.74) is 1.47. The number of sulfonamides is 1. The first-order valence-electron chi connectivity index (χ1n) is 9.37. The van der Waals surface area contributed by atoms with Gasteiger partial charge < -0.3 is 14.8 Å². The third-order valence-electron chi connectivity index (χ3n) is 4.35. The molecular weight excluding hydrogens is 392 g/mol. The zero-order chi connectivity index (χ0) is 21.4. The second-order valence-electron chi connectivity index (χ2n) is 6.61. The normalized spacial score (nSPS) is 12.1. The van der Waals surface area contributed by atoms with Gasteiger partial charge in [0.25, 0.3) is 0 Å². The van der Waals surface area contributed by atoms with Crippen molar-refractivity contribution in [3.8, 4) is 11.5 Å². The Morgan fingerprint density at radius 2 is 1.72 bits per heavy atom. The predicted molar refractivity (Wildman–Crippen MR) is 114 cm³/mol. The van der Waals surface area contributed by atoms with Crippen LogP contribution in [-0.4, -0.2) is 46.9 Å². The molecule has 2 rings (SSSR count). The number of nitrogens with one attached hydrogen (secondary N) is 1. The smallest absolute Gasteiger partial charge is 0.244 e. The van der Waals surface area contributed by atoms with Gasteiger partial charge in [0.05, 0.1) is 25.6 Å². The summed E-state index contributed by atoms with van der Waals surface area (Å²) >= 11 is 0. The summed E-state index contributed by atoms with van der Waals surface area (Å²) in [4.78, 5) is 12.7. The number of methoxy groups -OCH3 is 1. The fourth-order valence-corrected chi connectivity index (χ4v) is 4.15. The number of ether oxygens (including phenoxy) is 2. The van der Waals surface area contributed by atoms with Gasteiger partial charge >= 0.3 is 0 Å². The first-order chi connectivity index (χ1) is 13.8. The van der Waals surface area contributed by atoms with Gasteiger partial charge in [0, 0.05) is 0 Å². The first-order valence-corrected chi connectivity index (χ1v) is 11.2. The number of benzene rings is 2. The monoisotopic (exact) mass is 420 g/mol. The van der Waals surface area contributed by atoms with Gasteiger partial charge in [-0.3, -0.25) is 9.10 Å². The maximum atomic E-state index is 12.7. The maximum Gasteiger partial charge on any atom is 0.244 e. The number of para-hydroxylation sites is 2. The van der Waals surface area contributed by atoms with Crippen molar-refractivity contribution in [3.05, 3.63) is 54.1 Å². The van der Waals surface area contributed by atoms with E-state index < -0.39 is 16.1 Å². The Bertz CT molecular complexity index is 913. The molecule has 29 heavy (non-hydrogen) atoms. The van der Waals surface area contributed by atoms with Crippen LogP contribution in [0.5, 0.6) is 11.5 Å². The largest absolute Gasteiger partial charge is 0.493 e. The van der Waals surface area contributed by atoms with Crippen LogP contribution in [0.4, 0.5) is 5.69 Å². The van der Waals surface area contributed by atoms with Crippen molar-refractivity contribution in [3.63, 3.8) is 0 Å². The van der Waals surface area contributed by atoms with E-state index in [1.54, 1.807) is 38.3 Å². The SMILES string of the molecule is CCC(C(=O)NCCOc1ccccc1OC)N(c1ccc(C)cc1)S(C)(=O)=O. The highest BCUT2D eigenvalue weighted by Crippen LogP contribution is 2.25. The Labute approximate surface area is 172 Å². The fraction of sp³-hybridized carbons (Fsp3) is 0.381. The van der Waals surface area contributed by atoms with Gasteiger partial charge in [-0.15, -0.1) is 0 Å². The predicted octanol–water partition coefficient (Wildman–Crippen LogP) is 2.74. The summed E-state index contributed by atoms with van der Waals surface area (Å²) in [6.45, 7) is 4.16. The molecule has 0 aliphatic rings. The number of amides is 1. The number of carbonyl (C=O) groups is 1. The van der Waals surface area contributed by atoms with Crippen LogP contribution in [0.25, 0.3) is 0 Å². The summed E-state index contributed by atoms with van der Waals surface area (Å²) in [6.07, 6.45) is 1.44. The summed E-state index contributed by atoms with van der Waals surface area (Å²) < 4.78 is 36.9. The molecule has 0 aromatic heterocycles. The van der Waals surface area contributed by atoms with Crippen LogP contribution in [-0.2, 0) is 14.8 Å². The van der Waals surface area contributed by atoms with E-state index in [0.29, 0.717) is 23.6 Å². The molecule has 0 heterocycles. The minimum Gasteiger partial charge on any atom is -0.493 e. The van der Waals surface area contributed by atoms with E-state index in [1.165, 1.54) is 4.31 Å². The molecule has 1 unspecified atom stereocenters. The molecule has 0 bridgehead atoms. The van der Waals surface area contributed by atoms with Gasteiger partial charge in [-0.2, -0.15) is 0 Å². The Balaban J connectivity index is 2.04. The number of anilines is 1. The highest BCUT2D eigenvalue weighted by atomic mass is 32.2. The molecule has 2 aromatic rings. The van der Waals surface area contributed by atoms with Crippen molar-refractivity contribution in [2.24, 2.45) is 0 Å². The molecule has 0 aliphatic carbocycles. The van der Waals surface area contributed by atoms with E-state index in [2.05, 4.69) is 5.32 Å². The van der Waals surface area contributed by atoms with Gasteiger partial charge in [0.1, 0.15) is 12.6 Å². The molecule has 7 nitrogen and oxygen atoms in total. The Morgan fingerprint density at radius 1 is 1.10 bits per heavy atom. The number of rotatable bonds is 10. The zero-order valence-electron chi connectivity index (χ0n) is 17.2. The van der Waals surface area contributed by atoms with Crippen molar-refractivity contribution in [1.29, 1.82) is 0 Å². The topological polar surface area (TPSA) is 84.9 Å². The van der Waals surface area contributed by atoms with Crippen molar-refractivity contribution in [1.82, 2.24) is 5.32 Å². The van der Waals surface area contributed by atoms with Crippen molar-refractivity contribution >= 4 is 21.6 Å². The minimum atomic E-state index is -3.65. The molecule has 0 spiro atoms. The van der Waals surface area contributed by atoms with Crippen LogP contribution in [0.3, 0.4) is 0 Å². The number of carbonyl (C=O) groups excluding carboxylic acids is 1. The lowest BCUT2D eigenvalue weighted by Gasteiger charge is -2.30. The highest BCUT2D eigenvalue weighted by Gasteiger charge is 2.31. The van der Waals surface area contributed by atoms with Crippen LogP contribution < -0.4 is 19.1 Å². The van der Waals surface area contributed by atoms with Crippen LogP contribution in [0.1, 0.15) is 18.9 Å². The van der Waals surface area contributed by atoms with E-state index in [1.807, 2.05) is 31.2 Å². The molecule has 1 amide bonds. The van der Waals surface area contributed by atoms with Gasteiger partial charge in [-0.1, -0.05) is 36.8 Å². The molecular formula is C21H28N2O5S. The molecule has 0 aliphatic heterocycles. The van der Waals surface area contributed by atoms with Crippen LogP contribution in [0, 0.1) is 6.92 Å². The van der Waals surface area contributed by atoms with Crippen molar-refractivity contribution in [2.45, 2.75) is 26.3 Å². The summed E-state index contributed by atoms with van der Waals surface area (Å²) in [7, 11) is -2.09. The molecule has 1 N–H and O–H groups in total. The van der Waals surface area contributed by atoms with Gasteiger partial charge in [-0.05, 0) is 37.6 Å². The highest BCUT2D eigenvalue weighted by molar-refractivity contribution is 7.92. The Kier molecular flexibility index (Phi) is 7.90. The van der Waals surface area contributed by atoms with E-state index in [9.17, 15) is 13.2 Å². The van der Waals surface area contributed by atoms with E-state index in [4.69, 9.17) is 9.47 Å². The van der Waals surface area contributed by atoms with Crippen molar-refractivity contribution in [2.75, 3.05) is 30.8 Å². The van der Waals surface area contributed by atoms with Gasteiger partial charge in [0.2, 0.25) is 15.9 Å². The summed E-state index contributed by atoms with van der Waals surface area (Å²) in [6, 6.07) is 13.4. The third-order valence-corrected chi connectivity index (χ3v) is 5.53. The van der Waals surface area contributed by atoms with E-state index in [0.717, 1.165) is 11.8 Å². The summed E-state index contributed by atoms with van der Waals surface area (Å²) in [5, 5.41) is 2.76. The second kappa shape index (κ2) is 10.2. The van der Waals surface area contributed by atoms with Crippen LogP contribution in [0.15, 0.2) is 48.5 Å². The Morgan fingerprint density at radius 3 is 2.28 bits per heavy atom. The standard InChI is InChI=1S/C21H28N2O5S/c1-5-18(23(29(4,25)26)17-12-10-16(2)11-13-17)21(24)22-14-15-28-20-9-7-6-8-19(20)27-3/h6-13,18H,5,14-15H2,1-4H3,(H,22,24). The number of nitrogens with zero attached hydrogens (tertiary/aromatic N) is 1. The lowest BCUT2D eigenvalue weighted by atomic mass is 10.1. The second-order valence-corrected chi connectivity index (χ2v) is 8.47. The Hall–Kier alpha value is -2.74. The van der Waals surface area contributed by atoms with E-state index >= 15 is 0 Å². The first kappa shape index (κ1) is 22.5. The average molecular weight is 421 g/mol. The lowest BCUT2D eigenvalue weighted by molar-refractivity contribution is -0.122. The molecule has 8 heteroatoms. The fourth-order valence-electron chi connectivity index (χ4n) is 2.94. The molecule has 2 aromatic carbocycles. The quantitative estimate of drug-likeness (QED) is 0.598.